The number of anilines is 1. The maximum Gasteiger partial charge on any atom is 0.100 e. The summed E-state index contributed by atoms with van der Waals surface area (Å²) in [7, 11) is 0. The van der Waals surface area contributed by atoms with Crippen LogP contribution in [0.25, 0.3) is 16.6 Å². The normalized spacial score (nSPS) is 10.9. The molecule has 0 aliphatic heterocycles. The third-order valence-corrected chi connectivity index (χ3v) is 2.76. The fourth-order valence-corrected chi connectivity index (χ4v) is 1.92. The maximum atomic E-state index is 6.12. The van der Waals surface area contributed by atoms with Crippen LogP contribution >= 0.6 is 11.6 Å². The summed E-state index contributed by atoms with van der Waals surface area (Å²) in [5.74, 6) is 0. The van der Waals surface area contributed by atoms with Crippen molar-refractivity contribution < 1.29 is 0 Å². The van der Waals surface area contributed by atoms with Crippen molar-refractivity contribution in [1.29, 1.82) is 0 Å². The lowest BCUT2D eigenvalue weighted by Crippen LogP contribution is -1.96. The van der Waals surface area contributed by atoms with Crippen molar-refractivity contribution in [3.8, 4) is 5.69 Å². The van der Waals surface area contributed by atoms with Gasteiger partial charge in [0.25, 0.3) is 0 Å². The largest absolute Gasteiger partial charge is 0.399 e. The fourth-order valence-electron chi connectivity index (χ4n) is 1.64. The van der Waals surface area contributed by atoms with E-state index in [1.54, 1.807) is 23.0 Å². The fraction of sp³-hybridized carbons (Fsp3) is 0. The molecule has 0 unspecified atom stereocenters. The van der Waals surface area contributed by atoms with Crippen molar-refractivity contribution in [1.82, 2.24) is 14.8 Å². The highest BCUT2D eigenvalue weighted by Gasteiger charge is 2.06. The molecule has 1 radical (unpaired) electrons. The van der Waals surface area contributed by atoms with Crippen molar-refractivity contribution in [2.45, 2.75) is 0 Å². The SMILES string of the molecule is Nc1ccc(-n2cc3[c]nccc3n2)c(Cl)c1. The van der Waals surface area contributed by atoms with Gasteiger partial charge in [-0.1, -0.05) is 11.6 Å². The molecule has 0 amide bonds. The van der Waals surface area contributed by atoms with E-state index in [0.29, 0.717) is 10.7 Å². The number of nitrogens with zero attached hydrogens (tertiary/aromatic N) is 3. The number of aromatic nitrogens is 3. The van der Waals surface area contributed by atoms with Gasteiger partial charge in [-0.3, -0.25) is 4.98 Å². The number of rotatable bonds is 1. The lowest BCUT2D eigenvalue weighted by molar-refractivity contribution is 0.897. The molecule has 3 aromatic rings. The van der Waals surface area contributed by atoms with Crippen LogP contribution < -0.4 is 5.73 Å². The summed E-state index contributed by atoms with van der Waals surface area (Å²) in [6.07, 6.45) is 6.36. The highest BCUT2D eigenvalue weighted by Crippen LogP contribution is 2.23. The molecule has 0 bridgehead atoms. The van der Waals surface area contributed by atoms with Crippen molar-refractivity contribution in [3.63, 3.8) is 0 Å². The van der Waals surface area contributed by atoms with Crippen LogP contribution in [0.1, 0.15) is 0 Å². The van der Waals surface area contributed by atoms with Gasteiger partial charge >= 0.3 is 0 Å². The highest BCUT2D eigenvalue weighted by molar-refractivity contribution is 6.32. The molecule has 0 aliphatic rings. The van der Waals surface area contributed by atoms with E-state index in [4.69, 9.17) is 17.3 Å². The van der Waals surface area contributed by atoms with Gasteiger partial charge in [0.05, 0.1) is 16.2 Å². The van der Waals surface area contributed by atoms with Crippen LogP contribution in [0.3, 0.4) is 0 Å². The predicted molar refractivity (Wildman–Crippen MR) is 67.1 cm³/mol. The second-order valence-corrected chi connectivity index (χ2v) is 4.05. The van der Waals surface area contributed by atoms with Crippen LogP contribution in [0.4, 0.5) is 5.69 Å². The Morgan fingerprint density at radius 1 is 1.29 bits per heavy atom. The van der Waals surface area contributed by atoms with Crippen molar-refractivity contribution in [3.05, 3.63) is 47.9 Å². The molecule has 0 saturated heterocycles. The van der Waals surface area contributed by atoms with E-state index in [2.05, 4.69) is 16.3 Å². The number of fused-ring (bicyclic) bond motifs is 1. The Bertz CT molecular complexity index is 657. The molecule has 17 heavy (non-hydrogen) atoms. The molecule has 2 heterocycles. The van der Waals surface area contributed by atoms with E-state index in [1.165, 1.54) is 0 Å². The quantitative estimate of drug-likeness (QED) is 0.668. The van der Waals surface area contributed by atoms with E-state index in [-0.39, 0.29) is 0 Å². The van der Waals surface area contributed by atoms with Gasteiger partial charge in [-0.15, -0.1) is 0 Å². The molecular formula is C12H8ClN4. The molecule has 0 aliphatic carbocycles. The zero-order chi connectivity index (χ0) is 11.8. The monoisotopic (exact) mass is 243 g/mol. The van der Waals surface area contributed by atoms with Gasteiger partial charge in [0.2, 0.25) is 0 Å². The van der Waals surface area contributed by atoms with Crippen molar-refractivity contribution >= 4 is 28.2 Å². The Morgan fingerprint density at radius 2 is 2.18 bits per heavy atom. The first-order valence-corrected chi connectivity index (χ1v) is 5.39. The highest BCUT2D eigenvalue weighted by atomic mass is 35.5. The molecule has 1 aromatic carbocycles. The summed E-state index contributed by atoms with van der Waals surface area (Å²) in [4.78, 5) is 3.93. The average molecular weight is 244 g/mol. The lowest BCUT2D eigenvalue weighted by atomic mass is 10.3. The third kappa shape index (κ3) is 1.72. The summed E-state index contributed by atoms with van der Waals surface area (Å²) in [5, 5.41) is 5.80. The van der Waals surface area contributed by atoms with Gasteiger partial charge in [0, 0.05) is 23.5 Å². The number of benzene rings is 1. The number of hydrogen-bond acceptors (Lipinski definition) is 3. The zero-order valence-electron chi connectivity index (χ0n) is 8.76. The number of hydrogen-bond donors (Lipinski definition) is 1. The van der Waals surface area contributed by atoms with E-state index in [9.17, 15) is 0 Å². The minimum Gasteiger partial charge on any atom is -0.399 e. The summed E-state index contributed by atoms with van der Waals surface area (Å²) < 4.78 is 1.70. The molecule has 4 nitrogen and oxygen atoms in total. The van der Waals surface area contributed by atoms with Crippen LogP contribution in [0.5, 0.6) is 0 Å². The molecule has 0 saturated carbocycles. The Kier molecular flexibility index (Phi) is 2.23. The van der Waals surface area contributed by atoms with Crippen LogP contribution in [0.15, 0.2) is 36.7 Å². The second-order valence-electron chi connectivity index (χ2n) is 3.64. The molecular weight excluding hydrogens is 236 g/mol. The van der Waals surface area contributed by atoms with Crippen LogP contribution in [-0.4, -0.2) is 14.8 Å². The molecule has 3 rings (SSSR count). The maximum absolute atomic E-state index is 6.12. The van der Waals surface area contributed by atoms with Crippen LogP contribution in [-0.2, 0) is 0 Å². The number of nitrogens with two attached hydrogens (primary N) is 1. The van der Waals surface area contributed by atoms with Gasteiger partial charge in [-0.25, -0.2) is 4.68 Å². The molecule has 5 heteroatoms. The van der Waals surface area contributed by atoms with Gasteiger partial charge in [0.1, 0.15) is 6.20 Å². The van der Waals surface area contributed by atoms with Crippen molar-refractivity contribution in [2.75, 3.05) is 5.73 Å². The summed E-state index contributed by atoms with van der Waals surface area (Å²) in [6.45, 7) is 0. The summed E-state index contributed by atoms with van der Waals surface area (Å²) in [6, 6.07) is 7.14. The minimum absolute atomic E-state index is 0.561. The first-order valence-electron chi connectivity index (χ1n) is 5.01. The van der Waals surface area contributed by atoms with Gasteiger partial charge in [-0.05, 0) is 24.3 Å². The van der Waals surface area contributed by atoms with Gasteiger partial charge in [-0.2, -0.15) is 5.10 Å². The van der Waals surface area contributed by atoms with Gasteiger partial charge in [0.15, 0.2) is 0 Å². The first kappa shape index (κ1) is 10.1. The summed E-state index contributed by atoms with van der Waals surface area (Å²) >= 11 is 6.12. The smallest absolute Gasteiger partial charge is 0.100 e. The zero-order valence-corrected chi connectivity index (χ0v) is 9.52. The first-order chi connectivity index (χ1) is 8.24. The molecule has 0 atom stereocenters. The topological polar surface area (TPSA) is 56.7 Å². The Morgan fingerprint density at radius 3 is 2.94 bits per heavy atom. The van der Waals surface area contributed by atoms with E-state index in [0.717, 1.165) is 16.6 Å². The Balaban J connectivity index is 2.20. The third-order valence-electron chi connectivity index (χ3n) is 2.45. The lowest BCUT2D eigenvalue weighted by Gasteiger charge is -2.04. The molecule has 2 N–H and O–H groups in total. The van der Waals surface area contributed by atoms with Crippen molar-refractivity contribution in [2.24, 2.45) is 0 Å². The second kappa shape index (κ2) is 3.75. The molecule has 0 spiro atoms. The van der Waals surface area contributed by atoms with Gasteiger partial charge < -0.3 is 5.73 Å². The van der Waals surface area contributed by atoms with E-state index < -0.39 is 0 Å². The van der Waals surface area contributed by atoms with E-state index in [1.807, 2.05) is 18.3 Å². The Hall–Kier alpha value is -2.07. The number of nitrogen functional groups attached to an aromatic ring is 1. The standard InChI is InChI=1S/C12H8ClN4/c13-10-5-9(14)1-2-12(10)17-7-8-6-15-4-3-11(8)16-17/h1-5,7H,14H2. The Labute approximate surface area is 103 Å². The molecule has 0 fully saturated rings. The van der Waals surface area contributed by atoms with Crippen LogP contribution in [0.2, 0.25) is 5.02 Å². The summed E-state index contributed by atoms with van der Waals surface area (Å²) in [5.41, 5.74) is 7.89. The molecule has 2 aromatic heterocycles. The van der Waals surface area contributed by atoms with Crippen LogP contribution in [0, 0.1) is 6.20 Å². The minimum atomic E-state index is 0.561. The molecule has 83 valence electrons. The number of pyridine rings is 1. The predicted octanol–water partition coefficient (Wildman–Crippen LogP) is 2.46. The number of halogens is 1. The average Bonchev–Trinajstić information content (AvgIpc) is 2.72. The van der Waals surface area contributed by atoms with E-state index >= 15 is 0 Å².